The summed E-state index contributed by atoms with van der Waals surface area (Å²) in [5.74, 6) is -2.42. The summed E-state index contributed by atoms with van der Waals surface area (Å²) in [5, 5.41) is 35.5. The van der Waals surface area contributed by atoms with Gasteiger partial charge in [-0.3, -0.25) is 14.4 Å². The van der Waals surface area contributed by atoms with Crippen LogP contribution in [0.1, 0.15) is 32.4 Å². The van der Waals surface area contributed by atoms with Crippen molar-refractivity contribution in [2.24, 2.45) is 17.2 Å². The number of aromatic hydroxyl groups is 2. The predicted molar refractivity (Wildman–Crippen MR) is 137 cm³/mol. The Balaban J connectivity index is 0.00000324. The minimum Gasteiger partial charge on any atom is -0.508 e. The number of aliphatic hydroxyl groups is 1. The molecule has 0 aromatic heterocycles. The number of benzene rings is 2. The highest BCUT2D eigenvalue weighted by atomic mass is 16.3. The van der Waals surface area contributed by atoms with E-state index < -0.39 is 42.0 Å². The maximum atomic E-state index is 13.0. The second-order valence-electron chi connectivity index (χ2n) is 8.40. The van der Waals surface area contributed by atoms with E-state index in [0.717, 1.165) is 0 Å². The molecule has 0 spiro atoms. The fourth-order valence-electron chi connectivity index (χ4n) is 3.83. The first-order chi connectivity index (χ1) is 16.1. The summed E-state index contributed by atoms with van der Waals surface area (Å²) in [4.78, 5) is 37.8. The van der Waals surface area contributed by atoms with Crippen LogP contribution in [-0.2, 0) is 27.2 Å². The van der Waals surface area contributed by atoms with Gasteiger partial charge in [0, 0.05) is 25.8 Å². The van der Waals surface area contributed by atoms with E-state index in [1.165, 1.54) is 18.2 Å². The van der Waals surface area contributed by atoms with Gasteiger partial charge in [-0.25, -0.2) is 0 Å². The fraction of sp³-hybridized carbons (Fsp3) is 0.400. The van der Waals surface area contributed by atoms with Crippen LogP contribution in [0.15, 0.2) is 36.4 Å². The molecule has 0 aliphatic carbocycles. The van der Waals surface area contributed by atoms with Crippen LogP contribution in [0.2, 0.25) is 0 Å². The molecule has 0 unspecified atom stereocenters. The van der Waals surface area contributed by atoms with Crippen LogP contribution in [-0.4, -0.2) is 63.8 Å². The Bertz CT molecular complexity index is 1090. The van der Waals surface area contributed by atoms with E-state index in [4.69, 9.17) is 17.2 Å². The van der Waals surface area contributed by atoms with Crippen molar-refractivity contribution in [2.75, 3.05) is 6.54 Å². The van der Waals surface area contributed by atoms with Crippen molar-refractivity contribution in [3.63, 3.8) is 0 Å². The molecule has 0 radical (unpaired) electrons. The summed E-state index contributed by atoms with van der Waals surface area (Å²) in [7, 11) is 0. The van der Waals surface area contributed by atoms with Crippen molar-refractivity contribution >= 4 is 17.7 Å². The van der Waals surface area contributed by atoms with Gasteiger partial charge in [-0.05, 0) is 46.5 Å². The summed E-state index contributed by atoms with van der Waals surface area (Å²) < 4.78 is 0. The molecule has 3 rings (SSSR count). The van der Waals surface area contributed by atoms with Gasteiger partial charge in [0.2, 0.25) is 17.7 Å². The Kier molecular flexibility index (Phi) is 10.9. The molecular formula is C25H37N5O6. The first kappa shape index (κ1) is 30.4. The third kappa shape index (κ3) is 7.41. The molecule has 0 saturated carbocycles. The molecule has 4 bridgehead atoms. The Labute approximate surface area is 210 Å². The van der Waals surface area contributed by atoms with Crippen LogP contribution < -0.4 is 27.8 Å². The van der Waals surface area contributed by atoms with Crippen LogP contribution in [0.3, 0.4) is 0 Å². The molecule has 2 aromatic rings. The number of aliphatic hydroxyl groups excluding tert-OH is 1. The lowest BCUT2D eigenvalue weighted by Crippen LogP contribution is -2.57. The highest BCUT2D eigenvalue weighted by Crippen LogP contribution is 2.30. The monoisotopic (exact) mass is 503 g/mol. The molecule has 36 heavy (non-hydrogen) atoms. The van der Waals surface area contributed by atoms with Crippen molar-refractivity contribution in [1.29, 1.82) is 0 Å². The average molecular weight is 504 g/mol. The number of nitrogens with two attached hydrogens (primary N) is 3. The van der Waals surface area contributed by atoms with E-state index in [1.807, 2.05) is 0 Å². The van der Waals surface area contributed by atoms with Crippen LogP contribution >= 0.6 is 0 Å². The van der Waals surface area contributed by atoms with E-state index in [2.05, 4.69) is 10.6 Å². The predicted octanol–water partition coefficient (Wildman–Crippen LogP) is -0.372. The van der Waals surface area contributed by atoms with E-state index in [9.17, 15) is 29.7 Å². The molecule has 4 atom stereocenters. The summed E-state index contributed by atoms with van der Waals surface area (Å²) in [6.45, 7) is -0.155. The van der Waals surface area contributed by atoms with Crippen LogP contribution in [0.4, 0.5) is 0 Å². The molecular weight excluding hydrogens is 466 g/mol. The van der Waals surface area contributed by atoms with Gasteiger partial charge in [0.1, 0.15) is 23.6 Å². The average Bonchev–Trinajstić information content (AvgIpc) is 2.78. The van der Waals surface area contributed by atoms with E-state index in [0.29, 0.717) is 22.3 Å². The first-order valence-electron chi connectivity index (χ1n) is 10.8. The van der Waals surface area contributed by atoms with Gasteiger partial charge in [-0.2, -0.15) is 0 Å². The SMILES string of the molecule is C.C.NC[C@H](O)C[C@@H]1NC(=O)[C@@H](N)Cc2cc(ccc2O)-c2cc(O)cc(c2)C[C@@H](C(N)=O)NC1=O. The van der Waals surface area contributed by atoms with Crippen molar-refractivity contribution in [3.8, 4) is 22.6 Å². The molecule has 11 nitrogen and oxygen atoms in total. The number of nitrogens with one attached hydrogen (secondary N) is 2. The zero-order chi connectivity index (χ0) is 25.0. The van der Waals surface area contributed by atoms with Gasteiger partial charge in [0.05, 0.1) is 12.1 Å². The highest BCUT2D eigenvalue weighted by Gasteiger charge is 2.29. The number of amides is 3. The lowest BCUT2D eigenvalue weighted by atomic mass is 9.95. The number of carbonyl (C=O) groups excluding carboxylic acids is 3. The quantitative estimate of drug-likeness (QED) is 0.275. The Morgan fingerprint density at radius 3 is 2.33 bits per heavy atom. The van der Waals surface area contributed by atoms with E-state index >= 15 is 0 Å². The molecule has 0 saturated heterocycles. The minimum atomic E-state index is -1.25. The number of rotatable bonds is 4. The third-order valence-electron chi connectivity index (χ3n) is 5.68. The number of hydrogen-bond acceptors (Lipinski definition) is 8. The highest BCUT2D eigenvalue weighted by molar-refractivity contribution is 5.93. The molecule has 0 fully saturated rings. The normalized spacial score (nSPS) is 20.8. The summed E-state index contributed by atoms with van der Waals surface area (Å²) >= 11 is 0. The topological polar surface area (TPSA) is 214 Å². The molecule has 1 aliphatic rings. The van der Waals surface area contributed by atoms with Gasteiger partial charge in [-0.1, -0.05) is 27.0 Å². The molecule has 1 heterocycles. The molecule has 198 valence electrons. The summed E-state index contributed by atoms with van der Waals surface area (Å²) in [6.07, 6.45) is -1.40. The van der Waals surface area contributed by atoms with Gasteiger partial charge in [0.25, 0.3) is 0 Å². The number of primary amides is 1. The van der Waals surface area contributed by atoms with E-state index in [1.54, 1.807) is 18.2 Å². The number of carbonyl (C=O) groups is 3. The Morgan fingerprint density at radius 1 is 1.00 bits per heavy atom. The number of fused-ring (bicyclic) bond motifs is 5. The summed E-state index contributed by atoms with van der Waals surface area (Å²) in [6, 6.07) is 5.86. The zero-order valence-electron chi connectivity index (χ0n) is 18.4. The van der Waals surface area contributed by atoms with Crippen molar-refractivity contribution in [1.82, 2.24) is 10.6 Å². The second kappa shape index (κ2) is 12.9. The standard InChI is InChI=1S/C23H29N5O6.2CH4/c24-10-16(30)9-19-23(34)27-18(21(26)32)5-11-3-13(7-15(29)4-11)12-1-2-20(31)14(6-12)8-17(25)22(33)28-19;;/h1-4,6-7,16-19,29-31H,5,8-10,24-25H2,(H2,26,32)(H,27,34)(H,28,33);2*1H4/t16-,17+,18+,19+;;/m1../s1. The maximum Gasteiger partial charge on any atom is 0.243 e. The molecule has 11 N–H and O–H groups in total. The number of hydrogen-bond donors (Lipinski definition) is 8. The van der Waals surface area contributed by atoms with E-state index in [-0.39, 0.29) is 52.2 Å². The lowest BCUT2D eigenvalue weighted by Gasteiger charge is -2.24. The van der Waals surface area contributed by atoms with Crippen LogP contribution in [0.5, 0.6) is 11.5 Å². The third-order valence-corrected chi connectivity index (χ3v) is 5.68. The molecule has 2 aromatic carbocycles. The fourth-order valence-corrected chi connectivity index (χ4v) is 3.83. The minimum absolute atomic E-state index is 0. The molecule has 11 heteroatoms. The van der Waals surface area contributed by atoms with Gasteiger partial charge < -0.3 is 43.2 Å². The zero-order valence-corrected chi connectivity index (χ0v) is 18.4. The summed E-state index contributed by atoms with van der Waals surface area (Å²) in [5.41, 5.74) is 19.1. The van der Waals surface area contributed by atoms with Gasteiger partial charge in [0.15, 0.2) is 0 Å². The molecule has 1 aliphatic heterocycles. The number of phenols is 2. The number of phenolic OH excluding ortho intramolecular Hbond substituents is 2. The van der Waals surface area contributed by atoms with Gasteiger partial charge in [-0.15, -0.1) is 0 Å². The lowest BCUT2D eigenvalue weighted by molar-refractivity contribution is -0.132. The van der Waals surface area contributed by atoms with Gasteiger partial charge >= 0.3 is 0 Å². The Morgan fingerprint density at radius 2 is 1.69 bits per heavy atom. The Hall–Kier alpha value is -3.67. The van der Waals surface area contributed by atoms with Crippen molar-refractivity contribution < 1.29 is 29.7 Å². The van der Waals surface area contributed by atoms with Crippen molar-refractivity contribution in [2.45, 2.75) is 58.3 Å². The maximum absolute atomic E-state index is 13.0. The van der Waals surface area contributed by atoms with Crippen molar-refractivity contribution in [3.05, 3.63) is 47.5 Å². The molecule has 3 amide bonds. The second-order valence-corrected chi connectivity index (χ2v) is 8.40. The first-order valence-corrected chi connectivity index (χ1v) is 10.8. The van der Waals surface area contributed by atoms with Crippen LogP contribution in [0.25, 0.3) is 11.1 Å². The van der Waals surface area contributed by atoms with Crippen LogP contribution in [0, 0.1) is 0 Å². The smallest absolute Gasteiger partial charge is 0.243 e. The largest absolute Gasteiger partial charge is 0.508 e.